The zero-order valence-corrected chi connectivity index (χ0v) is 7.81. The SMILES string of the molecule is CCC(C)NCCCC(C)=O. The highest BCUT2D eigenvalue weighted by molar-refractivity contribution is 5.75. The van der Waals surface area contributed by atoms with E-state index in [2.05, 4.69) is 19.2 Å². The molecule has 0 heterocycles. The molecule has 11 heavy (non-hydrogen) atoms. The van der Waals surface area contributed by atoms with Crippen LogP contribution in [0.25, 0.3) is 0 Å². The number of nitrogens with one attached hydrogen (secondary N) is 1. The molecule has 0 radical (unpaired) electrons. The summed E-state index contributed by atoms with van der Waals surface area (Å²) in [6.07, 6.45) is 2.84. The van der Waals surface area contributed by atoms with Crippen molar-refractivity contribution in [3.63, 3.8) is 0 Å². The van der Waals surface area contributed by atoms with Gasteiger partial charge in [-0.2, -0.15) is 0 Å². The van der Waals surface area contributed by atoms with Gasteiger partial charge in [0.25, 0.3) is 0 Å². The standard InChI is InChI=1S/C9H19NO/c1-4-8(2)10-7-5-6-9(3)11/h8,10H,4-7H2,1-3H3. The fraction of sp³-hybridized carbons (Fsp3) is 0.889. The zero-order chi connectivity index (χ0) is 8.69. The average molecular weight is 157 g/mol. The second-order valence-corrected chi connectivity index (χ2v) is 3.07. The summed E-state index contributed by atoms with van der Waals surface area (Å²) in [5, 5.41) is 3.34. The quantitative estimate of drug-likeness (QED) is 0.595. The lowest BCUT2D eigenvalue weighted by Crippen LogP contribution is -2.26. The van der Waals surface area contributed by atoms with Crippen LogP contribution in [0.2, 0.25) is 0 Å². The summed E-state index contributed by atoms with van der Waals surface area (Å²) in [7, 11) is 0. The van der Waals surface area contributed by atoms with Crippen molar-refractivity contribution in [2.24, 2.45) is 0 Å². The zero-order valence-electron chi connectivity index (χ0n) is 7.81. The minimum atomic E-state index is 0.288. The number of ketones is 1. The van der Waals surface area contributed by atoms with Gasteiger partial charge in [0.2, 0.25) is 0 Å². The Morgan fingerprint density at radius 3 is 2.64 bits per heavy atom. The highest BCUT2D eigenvalue weighted by atomic mass is 16.1. The fourth-order valence-electron chi connectivity index (χ4n) is 0.830. The second kappa shape index (κ2) is 6.35. The summed E-state index contributed by atoms with van der Waals surface area (Å²) in [4.78, 5) is 10.5. The largest absolute Gasteiger partial charge is 0.314 e. The molecule has 0 aliphatic heterocycles. The minimum absolute atomic E-state index is 0.288. The molecule has 0 aromatic heterocycles. The third kappa shape index (κ3) is 7.53. The highest BCUT2D eigenvalue weighted by Crippen LogP contribution is 1.91. The first kappa shape index (κ1) is 10.6. The monoisotopic (exact) mass is 157 g/mol. The van der Waals surface area contributed by atoms with Crippen LogP contribution in [-0.2, 0) is 4.79 Å². The van der Waals surface area contributed by atoms with Crippen LogP contribution in [-0.4, -0.2) is 18.4 Å². The van der Waals surface area contributed by atoms with Gasteiger partial charge in [-0.25, -0.2) is 0 Å². The molecule has 0 aliphatic rings. The Hall–Kier alpha value is -0.370. The molecule has 1 atom stereocenters. The van der Waals surface area contributed by atoms with E-state index in [1.165, 1.54) is 0 Å². The maximum Gasteiger partial charge on any atom is 0.129 e. The van der Waals surface area contributed by atoms with Gasteiger partial charge in [-0.15, -0.1) is 0 Å². The van der Waals surface area contributed by atoms with Gasteiger partial charge >= 0.3 is 0 Å². The van der Waals surface area contributed by atoms with Crippen LogP contribution in [0.5, 0.6) is 0 Å². The number of hydrogen-bond donors (Lipinski definition) is 1. The number of carbonyl (C=O) groups excluding carboxylic acids is 1. The van der Waals surface area contributed by atoms with Crippen LogP contribution < -0.4 is 5.32 Å². The van der Waals surface area contributed by atoms with E-state index in [1.807, 2.05) is 0 Å². The lowest BCUT2D eigenvalue weighted by molar-refractivity contribution is -0.117. The Labute approximate surface area is 69.4 Å². The molecule has 0 saturated heterocycles. The molecule has 0 rings (SSSR count). The predicted octanol–water partition coefficient (Wildman–Crippen LogP) is 1.74. The first-order valence-electron chi connectivity index (χ1n) is 4.39. The van der Waals surface area contributed by atoms with Crippen molar-refractivity contribution in [1.29, 1.82) is 0 Å². The van der Waals surface area contributed by atoms with Crippen LogP contribution in [0.3, 0.4) is 0 Å². The van der Waals surface area contributed by atoms with Gasteiger partial charge in [-0.1, -0.05) is 6.92 Å². The predicted molar refractivity (Wildman–Crippen MR) is 47.7 cm³/mol. The van der Waals surface area contributed by atoms with Gasteiger partial charge in [0.1, 0.15) is 5.78 Å². The van der Waals surface area contributed by atoms with Crippen molar-refractivity contribution < 1.29 is 4.79 Å². The third-order valence-corrected chi connectivity index (χ3v) is 1.81. The molecule has 2 heteroatoms. The maximum absolute atomic E-state index is 10.5. The van der Waals surface area contributed by atoms with Gasteiger partial charge in [0, 0.05) is 12.5 Å². The lowest BCUT2D eigenvalue weighted by atomic mass is 10.2. The minimum Gasteiger partial charge on any atom is -0.314 e. The molecule has 0 fully saturated rings. The number of hydrogen-bond acceptors (Lipinski definition) is 2. The number of Topliss-reactive ketones (excluding diaryl/α,β-unsaturated/α-hetero) is 1. The van der Waals surface area contributed by atoms with Crippen LogP contribution in [0, 0.1) is 0 Å². The van der Waals surface area contributed by atoms with Gasteiger partial charge in [-0.3, -0.25) is 0 Å². The van der Waals surface area contributed by atoms with E-state index in [0.717, 1.165) is 19.4 Å². The van der Waals surface area contributed by atoms with Gasteiger partial charge in [0.15, 0.2) is 0 Å². The third-order valence-electron chi connectivity index (χ3n) is 1.81. The van der Waals surface area contributed by atoms with Crippen molar-refractivity contribution in [3.8, 4) is 0 Å². The van der Waals surface area contributed by atoms with Gasteiger partial charge in [-0.05, 0) is 33.2 Å². The van der Waals surface area contributed by atoms with Crippen molar-refractivity contribution in [2.45, 2.75) is 46.1 Å². The molecular weight excluding hydrogens is 138 g/mol. The van der Waals surface area contributed by atoms with Gasteiger partial charge < -0.3 is 10.1 Å². The molecule has 0 aliphatic carbocycles. The smallest absolute Gasteiger partial charge is 0.129 e. The molecule has 66 valence electrons. The normalized spacial score (nSPS) is 13.0. The highest BCUT2D eigenvalue weighted by Gasteiger charge is 1.96. The molecule has 1 unspecified atom stereocenters. The van der Waals surface area contributed by atoms with Crippen LogP contribution in [0.1, 0.15) is 40.0 Å². The molecule has 0 amide bonds. The van der Waals surface area contributed by atoms with Crippen molar-refractivity contribution in [1.82, 2.24) is 5.32 Å². The summed E-state index contributed by atoms with van der Waals surface area (Å²) in [6, 6.07) is 0.585. The maximum atomic E-state index is 10.5. The van der Waals surface area contributed by atoms with Crippen molar-refractivity contribution >= 4 is 5.78 Å². The van der Waals surface area contributed by atoms with E-state index in [4.69, 9.17) is 0 Å². The van der Waals surface area contributed by atoms with Crippen molar-refractivity contribution in [3.05, 3.63) is 0 Å². The Kier molecular flexibility index (Phi) is 6.13. The first-order chi connectivity index (χ1) is 5.16. The molecule has 0 saturated carbocycles. The van der Waals surface area contributed by atoms with Crippen molar-refractivity contribution in [2.75, 3.05) is 6.54 Å². The Morgan fingerprint density at radius 1 is 1.55 bits per heavy atom. The molecule has 0 bridgehead atoms. The Morgan fingerprint density at radius 2 is 2.18 bits per heavy atom. The molecule has 2 nitrogen and oxygen atoms in total. The first-order valence-corrected chi connectivity index (χ1v) is 4.39. The van der Waals surface area contributed by atoms with Crippen LogP contribution in [0.4, 0.5) is 0 Å². The number of rotatable bonds is 6. The van der Waals surface area contributed by atoms with E-state index >= 15 is 0 Å². The Balaban J connectivity index is 3.08. The summed E-state index contributed by atoms with van der Waals surface area (Å²) in [6.45, 7) is 6.92. The summed E-state index contributed by atoms with van der Waals surface area (Å²) in [5.41, 5.74) is 0. The summed E-state index contributed by atoms with van der Waals surface area (Å²) < 4.78 is 0. The van der Waals surface area contributed by atoms with E-state index in [0.29, 0.717) is 12.5 Å². The molecule has 1 N–H and O–H groups in total. The van der Waals surface area contributed by atoms with E-state index < -0.39 is 0 Å². The Bertz CT molecular complexity index is 112. The number of carbonyl (C=O) groups is 1. The van der Waals surface area contributed by atoms with Crippen LogP contribution >= 0.6 is 0 Å². The molecule has 0 aromatic carbocycles. The van der Waals surface area contributed by atoms with E-state index in [-0.39, 0.29) is 5.78 Å². The van der Waals surface area contributed by atoms with Gasteiger partial charge in [0.05, 0.1) is 0 Å². The molecule has 0 aromatic rings. The summed E-state index contributed by atoms with van der Waals surface area (Å²) >= 11 is 0. The lowest BCUT2D eigenvalue weighted by Gasteiger charge is -2.09. The fourth-order valence-corrected chi connectivity index (χ4v) is 0.830. The van der Waals surface area contributed by atoms with Crippen LogP contribution in [0.15, 0.2) is 0 Å². The topological polar surface area (TPSA) is 29.1 Å². The summed E-state index contributed by atoms with van der Waals surface area (Å²) in [5.74, 6) is 0.288. The second-order valence-electron chi connectivity index (χ2n) is 3.07. The molecular formula is C9H19NO. The van der Waals surface area contributed by atoms with E-state index in [9.17, 15) is 4.79 Å². The average Bonchev–Trinajstić information content (AvgIpc) is 1.97. The molecule has 0 spiro atoms. The van der Waals surface area contributed by atoms with E-state index in [1.54, 1.807) is 6.92 Å².